The Morgan fingerprint density at radius 2 is 2.03 bits per heavy atom. The molecule has 4 aromatic heterocycles. The molecular weight excluding hydrogens is 512 g/mol. The summed E-state index contributed by atoms with van der Waals surface area (Å²) >= 11 is 0. The second kappa shape index (κ2) is 8.80. The lowest BCUT2D eigenvalue weighted by molar-refractivity contribution is -0.0711. The van der Waals surface area contributed by atoms with Gasteiger partial charge in [-0.05, 0) is 6.07 Å². The number of ether oxygens (including phenoxy) is 2. The first-order chi connectivity index (χ1) is 18.2. The Morgan fingerprint density at radius 3 is 2.71 bits per heavy atom. The van der Waals surface area contributed by atoms with Crippen molar-refractivity contribution < 1.29 is 31.8 Å². The molecule has 6 rings (SSSR count). The van der Waals surface area contributed by atoms with Crippen molar-refractivity contribution in [1.29, 1.82) is 0 Å². The van der Waals surface area contributed by atoms with Gasteiger partial charge in [0.15, 0.2) is 17.3 Å². The maximum atomic E-state index is 15.3. The number of pyridine rings is 1. The number of hydrogen-bond donors (Lipinski definition) is 2. The number of anilines is 1. The van der Waals surface area contributed by atoms with Crippen molar-refractivity contribution in [1.82, 2.24) is 34.2 Å². The van der Waals surface area contributed by atoms with Crippen molar-refractivity contribution in [2.45, 2.75) is 18.0 Å². The minimum Gasteiger partial charge on any atom is -0.479 e. The number of alkyl halides is 2. The van der Waals surface area contributed by atoms with Crippen LogP contribution in [-0.2, 0) is 4.74 Å². The van der Waals surface area contributed by atoms with Crippen molar-refractivity contribution in [3.63, 3.8) is 0 Å². The number of hydrogen-bond acceptors (Lipinski definition) is 8. The molecule has 1 atom stereocenters. The summed E-state index contributed by atoms with van der Waals surface area (Å²) in [5.74, 6) is -5.47. The van der Waals surface area contributed by atoms with E-state index in [1.807, 2.05) is 0 Å². The van der Waals surface area contributed by atoms with Gasteiger partial charge in [-0.3, -0.25) is 14.1 Å². The van der Waals surface area contributed by atoms with Crippen molar-refractivity contribution >= 4 is 23.0 Å². The van der Waals surface area contributed by atoms with E-state index in [-0.39, 0.29) is 52.4 Å². The molecule has 200 valence electrons. The Morgan fingerprint density at radius 1 is 1.24 bits per heavy atom. The minimum atomic E-state index is -3.06. The van der Waals surface area contributed by atoms with Gasteiger partial charge in [-0.25, -0.2) is 27.1 Å². The van der Waals surface area contributed by atoms with Gasteiger partial charge >= 0.3 is 0 Å². The zero-order valence-corrected chi connectivity index (χ0v) is 20.2. The highest BCUT2D eigenvalue weighted by atomic mass is 19.3. The van der Waals surface area contributed by atoms with Crippen LogP contribution in [0, 0.1) is 11.6 Å². The van der Waals surface area contributed by atoms with Crippen LogP contribution in [0.5, 0.6) is 5.88 Å². The Labute approximate surface area is 212 Å². The maximum Gasteiger partial charge on any atom is 0.281 e. The Bertz CT molecular complexity index is 1570. The fourth-order valence-corrected chi connectivity index (χ4v) is 4.81. The molecule has 2 saturated heterocycles. The molecule has 6 heterocycles. The zero-order chi connectivity index (χ0) is 26.8. The second-order valence-electron chi connectivity index (χ2n) is 9.16. The summed E-state index contributed by atoms with van der Waals surface area (Å²) in [4.78, 5) is 22.0. The number of rotatable bonds is 6. The standard InChI is InChI=1S/C23H22F4N8O3/c1-28-20(36)15-4-29-19-13(24)3-11(5-34(15)19)17-14(25)6-35-18(17)21(37-2)31-22(32-35)30-16-7-33(10-23(16,26)27)12-8-38-9-12/h3-6,12,16H,7-10H2,1-2H3,(H,28,36)(H,30,32)/t16-/m1/s1. The van der Waals surface area contributed by atoms with Crippen LogP contribution >= 0.6 is 0 Å². The topological polar surface area (TPSA) is 110 Å². The normalized spacial score (nSPS) is 19.7. The number of amides is 1. The van der Waals surface area contributed by atoms with Crippen LogP contribution in [0.1, 0.15) is 10.5 Å². The number of imidazole rings is 1. The molecule has 0 saturated carbocycles. The first-order valence-electron chi connectivity index (χ1n) is 11.7. The van der Waals surface area contributed by atoms with E-state index in [0.717, 1.165) is 16.8 Å². The lowest BCUT2D eigenvalue weighted by Crippen LogP contribution is -2.48. The molecule has 15 heteroatoms. The summed E-state index contributed by atoms with van der Waals surface area (Å²) in [5, 5.41) is 9.28. The van der Waals surface area contributed by atoms with Gasteiger partial charge in [-0.1, -0.05) is 0 Å². The molecule has 0 aliphatic carbocycles. The molecule has 0 aromatic carbocycles. The quantitative estimate of drug-likeness (QED) is 0.361. The lowest BCUT2D eigenvalue weighted by atomic mass is 10.1. The third kappa shape index (κ3) is 3.80. The van der Waals surface area contributed by atoms with E-state index < -0.39 is 36.1 Å². The number of carbonyl (C=O) groups is 1. The zero-order valence-electron chi connectivity index (χ0n) is 20.2. The number of likely N-dealkylation sites (tertiary alicyclic amines) is 1. The molecule has 2 N–H and O–H groups in total. The van der Waals surface area contributed by atoms with Crippen LogP contribution in [0.2, 0.25) is 0 Å². The van der Waals surface area contributed by atoms with Crippen LogP contribution in [0.4, 0.5) is 23.5 Å². The average molecular weight is 534 g/mol. The molecule has 2 aliphatic rings. The predicted octanol–water partition coefficient (Wildman–Crippen LogP) is 1.82. The van der Waals surface area contributed by atoms with Crippen molar-refractivity contribution in [2.24, 2.45) is 0 Å². The third-order valence-electron chi connectivity index (χ3n) is 6.84. The van der Waals surface area contributed by atoms with Crippen molar-refractivity contribution in [3.05, 3.63) is 42.0 Å². The summed E-state index contributed by atoms with van der Waals surface area (Å²) in [5.41, 5.74) is -0.0789. The molecule has 38 heavy (non-hydrogen) atoms. The van der Waals surface area contributed by atoms with E-state index in [0.29, 0.717) is 13.2 Å². The van der Waals surface area contributed by atoms with Crippen LogP contribution < -0.4 is 15.4 Å². The number of carbonyl (C=O) groups excluding carboxylic acids is 1. The van der Waals surface area contributed by atoms with Gasteiger partial charge < -0.3 is 20.1 Å². The van der Waals surface area contributed by atoms with E-state index in [1.165, 1.54) is 31.0 Å². The molecular formula is C23H22F4N8O3. The fourth-order valence-electron chi connectivity index (χ4n) is 4.81. The monoisotopic (exact) mass is 534 g/mol. The Balaban J connectivity index is 1.40. The SMILES string of the molecule is CNC(=O)c1cnc2c(F)cc(-c3c(F)cn4nc(N[C@@H]5CN(C6COC6)CC5(F)F)nc(OC)c34)cn12. The van der Waals surface area contributed by atoms with Crippen molar-refractivity contribution in [2.75, 3.05) is 45.8 Å². The first-order valence-corrected chi connectivity index (χ1v) is 11.7. The van der Waals surface area contributed by atoms with Crippen LogP contribution in [0.3, 0.4) is 0 Å². The molecule has 0 spiro atoms. The average Bonchev–Trinajstić information content (AvgIpc) is 3.49. The lowest BCUT2D eigenvalue weighted by Gasteiger charge is -2.34. The largest absolute Gasteiger partial charge is 0.479 e. The van der Waals surface area contributed by atoms with E-state index in [9.17, 15) is 18.0 Å². The maximum absolute atomic E-state index is 15.3. The summed E-state index contributed by atoms with van der Waals surface area (Å²) in [7, 11) is 2.70. The number of fused-ring (bicyclic) bond motifs is 2. The molecule has 2 fully saturated rings. The van der Waals surface area contributed by atoms with E-state index >= 15 is 4.39 Å². The Hall–Kier alpha value is -3.98. The number of nitrogens with one attached hydrogen (secondary N) is 2. The van der Waals surface area contributed by atoms with Gasteiger partial charge in [0.1, 0.15) is 17.3 Å². The van der Waals surface area contributed by atoms with Crippen LogP contribution in [-0.4, -0.2) is 93.3 Å². The van der Waals surface area contributed by atoms with Gasteiger partial charge in [0.05, 0.1) is 50.9 Å². The third-order valence-corrected chi connectivity index (χ3v) is 6.84. The number of nitrogens with zero attached hydrogens (tertiary/aromatic N) is 6. The van der Waals surface area contributed by atoms with Gasteiger partial charge in [-0.15, -0.1) is 5.10 Å². The molecule has 0 unspecified atom stereocenters. The molecule has 0 bridgehead atoms. The molecule has 2 aliphatic heterocycles. The van der Waals surface area contributed by atoms with E-state index in [1.54, 1.807) is 4.90 Å². The summed E-state index contributed by atoms with van der Waals surface area (Å²) in [6.45, 7) is 0.426. The van der Waals surface area contributed by atoms with Crippen LogP contribution in [0.25, 0.3) is 22.3 Å². The molecule has 0 radical (unpaired) electrons. The fraction of sp³-hybridized carbons (Fsp3) is 0.391. The van der Waals surface area contributed by atoms with E-state index in [4.69, 9.17) is 9.47 Å². The number of aromatic nitrogens is 5. The molecule has 4 aromatic rings. The number of halogens is 4. The van der Waals surface area contributed by atoms with Gasteiger partial charge in [-0.2, -0.15) is 4.98 Å². The summed E-state index contributed by atoms with van der Waals surface area (Å²) in [6.07, 6.45) is 3.58. The highest BCUT2D eigenvalue weighted by Crippen LogP contribution is 2.36. The number of methoxy groups -OCH3 is 1. The molecule has 1 amide bonds. The van der Waals surface area contributed by atoms with Gasteiger partial charge in [0.25, 0.3) is 11.8 Å². The first kappa shape index (κ1) is 24.4. The highest BCUT2D eigenvalue weighted by Gasteiger charge is 2.51. The van der Waals surface area contributed by atoms with Crippen molar-refractivity contribution in [3.8, 4) is 17.0 Å². The van der Waals surface area contributed by atoms with Crippen LogP contribution in [0.15, 0.2) is 24.7 Å². The van der Waals surface area contributed by atoms with Gasteiger partial charge in [0, 0.05) is 25.4 Å². The second-order valence-corrected chi connectivity index (χ2v) is 9.16. The summed E-state index contributed by atoms with van der Waals surface area (Å²) in [6, 6.07) is -0.285. The summed E-state index contributed by atoms with van der Waals surface area (Å²) < 4.78 is 72.5. The highest BCUT2D eigenvalue weighted by molar-refractivity contribution is 5.93. The van der Waals surface area contributed by atoms with E-state index in [2.05, 4.69) is 25.7 Å². The molecule has 11 nitrogen and oxygen atoms in total. The Kier molecular flexibility index (Phi) is 5.64. The minimum absolute atomic E-state index is 0.0434. The van der Waals surface area contributed by atoms with Gasteiger partial charge in [0.2, 0.25) is 11.8 Å². The predicted molar refractivity (Wildman–Crippen MR) is 126 cm³/mol. The smallest absolute Gasteiger partial charge is 0.281 e.